The third kappa shape index (κ3) is 3.36. The van der Waals surface area contributed by atoms with Gasteiger partial charge in [-0.15, -0.1) is 0 Å². The van der Waals surface area contributed by atoms with E-state index in [2.05, 4.69) is 30.9 Å². The predicted octanol–water partition coefficient (Wildman–Crippen LogP) is 2.30. The van der Waals surface area contributed by atoms with Crippen LogP contribution in [0.4, 0.5) is 10.6 Å². The Morgan fingerprint density at radius 2 is 1.75 bits per heavy atom. The lowest BCUT2D eigenvalue weighted by Gasteiger charge is -2.39. The van der Waals surface area contributed by atoms with Crippen LogP contribution in [0.25, 0.3) is 10.9 Å². The molecule has 0 spiro atoms. The molecule has 4 rings (SSSR count). The highest BCUT2D eigenvalue weighted by molar-refractivity contribution is 5.86. The van der Waals surface area contributed by atoms with Gasteiger partial charge in [0, 0.05) is 44.7 Å². The normalized spacial score (nSPS) is 17.7. The molecule has 1 aromatic carbocycles. The van der Waals surface area contributed by atoms with Crippen molar-refractivity contribution in [2.75, 3.05) is 57.4 Å². The molecule has 7 heteroatoms. The van der Waals surface area contributed by atoms with Crippen LogP contribution in [-0.4, -0.2) is 73.3 Å². The van der Waals surface area contributed by atoms with Crippen molar-refractivity contribution in [3.05, 3.63) is 34.9 Å². The molecule has 2 aliphatic heterocycles. The Morgan fingerprint density at radius 3 is 2.43 bits per heavy atom. The van der Waals surface area contributed by atoms with Crippen molar-refractivity contribution in [3.63, 3.8) is 0 Å². The van der Waals surface area contributed by atoms with Crippen molar-refractivity contribution in [3.8, 4) is 6.07 Å². The molecule has 0 radical (unpaired) electrons. The Morgan fingerprint density at radius 1 is 1.07 bits per heavy atom. The van der Waals surface area contributed by atoms with Crippen LogP contribution in [0.5, 0.6) is 0 Å². The van der Waals surface area contributed by atoms with Crippen molar-refractivity contribution in [1.29, 1.82) is 5.26 Å². The van der Waals surface area contributed by atoms with Crippen molar-refractivity contribution < 1.29 is 9.53 Å². The number of fused-ring (bicyclic) bond motifs is 1. The summed E-state index contributed by atoms with van der Waals surface area (Å²) in [5, 5.41) is 10.6. The van der Waals surface area contributed by atoms with E-state index in [4.69, 9.17) is 9.72 Å². The zero-order valence-electron chi connectivity index (χ0n) is 16.4. The molecule has 0 saturated carbocycles. The van der Waals surface area contributed by atoms with E-state index in [9.17, 15) is 10.1 Å². The number of carbonyl (C=O) groups is 1. The van der Waals surface area contributed by atoms with Gasteiger partial charge in [-0.1, -0.05) is 12.1 Å². The Hall–Kier alpha value is -2.85. The molecule has 2 fully saturated rings. The SMILES string of the molecule is Cc1ccc2cc(C#N)c(N3CCN(C(=O)N4CCOCC4)CC3)nc2c1C. The van der Waals surface area contributed by atoms with E-state index >= 15 is 0 Å². The Labute approximate surface area is 165 Å². The van der Waals surface area contributed by atoms with Crippen LogP contribution in [0, 0.1) is 25.2 Å². The summed E-state index contributed by atoms with van der Waals surface area (Å²) >= 11 is 0. The molecule has 2 amide bonds. The van der Waals surface area contributed by atoms with E-state index in [1.807, 2.05) is 21.9 Å². The van der Waals surface area contributed by atoms with Crippen molar-refractivity contribution in [2.24, 2.45) is 0 Å². The molecule has 0 N–H and O–H groups in total. The summed E-state index contributed by atoms with van der Waals surface area (Å²) < 4.78 is 5.33. The van der Waals surface area contributed by atoms with Crippen LogP contribution < -0.4 is 4.90 Å². The molecule has 2 aliphatic rings. The number of ether oxygens (including phenoxy) is 1. The van der Waals surface area contributed by atoms with E-state index in [0.29, 0.717) is 58.0 Å². The molecular formula is C21H25N5O2. The number of benzene rings is 1. The van der Waals surface area contributed by atoms with Gasteiger partial charge < -0.3 is 19.4 Å². The van der Waals surface area contributed by atoms with Crippen molar-refractivity contribution in [2.45, 2.75) is 13.8 Å². The summed E-state index contributed by atoms with van der Waals surface area (Å²) in [6.07, 6.45) is 0. The number of amides is 2. The molecule has 0 atom stereocenters. The van der Waals surface area contributed by atoms with E-state index < -0.39 is 0 Å². The number of anilines is 1. The number of pyridine rings is 1. The van der Waals surface area contributed by atoms with E-state index in [0.717, 1.165) is 22.3 Å². The minimum atomic E-state index is 0.0846. The van der Waals surface area contributed by atoms with Gasteiger partial charge in [0.2, 0.25) is 0 Å². The van der Waals surface area contributed by atoms with Gasteiger partial charge in [-0.3, -0.25) is 0 Å². The van der Waals surface area contributed by atoms with E-state index in [1.54, 1.807) is 0 Å². The van der Waals surface area contributed by atoms with E-state index in [1.165, 1.54) is 5.56 Å². The Balaban J connectivity index is 1.54. The molecule has 146 valence electrons. The smallest absolute Gasteiger partial charge is 0.320 e. The lowest BCUT2D eigenvalue weighted by Crippen LogP contribution is -2.55. The highest BCUT2D eigenvalue weighted by Crippen LogP contribution is 2.27. The summed E-state index contributed by atoms with van der Waals surface area (Å²) in [5.74, 6) is 0.724. The van der Waals surface area contributed by atoms with Crippen LogP contribution in [-0.2, 0) is 4.74 Å². The minimum Gasteiger partial charge on any atom is -0.378 e. The molecule has 2 saturated heterocycles. The highest BCUT2D eigenvalue weighted by atomic mass is 16.5. The first-order chi connectivity index (χ1) is 13.6. The van der Waals surface area contributed by atoms with Crippen LogP contribution in [0.15, 0.2) is 18.2 Å². The number of morpholine rings is 1. The fraction of sp³-hybridized carbons (Fsp3) is 0.476. The maximum Gasteiger partial charge on any atom is 0.320 e. The third-order valence-corrected chi connectivity index (χ3v) is 5.74. The maximum atomic E-state index is 12.7. The fourth-order valence-corrected chi connectivity index (χ4v) is 3.86. The zero-order chi connectivity index (χ0) is 19.7. The van der Waals surface area contributed by atoms with Gasteiger partial charge in [-0.25, -0.2) is 9.78 Å². The average Bonchev–Trinajstić information content (AvgIpc) is 2.76. The predicted molar refractivity (Wildman–Crippen MR) is 108 cm³/mol. The summed E-state index contributed by atoms with van der Waals surface area (Å²) in [6.45, 7) is 9.28. The lowest BCUT2D eigenvalue weighted by molar-refractivity contribution is 0.0428. The molecule has 2 aromatic rings. The van der Waals surface area contributed by atoms with Crippen LogP contribution in [0.2, 0.25) is 0 Å². The third-order valence-electron chi connectivity index (χ3n) is 5.74. The minimum absolute atomic E-state index is 0.0846. The molecule has 0 unspecified atom stereocenters. The number of hydrogen-bond acceptors (Lipinski definition) is 5. The van der Waals surface area contributed by atoms with Gasteiger partial charge in [0.15, 0.2) is 0 Å². The number of carbonyl (C=O) groups excluding carboxylic acids is 1. The Kier molecular flexibility index (Phi) is 5.05. The molecule has 7 nitrogen and oxygen atoms in total. The zero-order valence-corrected chi connectivity index (χ0v) is 16.4. The number of urea groups is 1. The standard InChI is InChI=1S/C21H25N5O2/c1-15-3-4-17-13-18(14-22)20(23-19(17)16(15)2)24-5-7-25(8-6-24)21(27)26-9-11-28-12-10-26/h3-4,13H,5-12H2,1-2H3. The molecule has 0 bridgehead atoms. The first-order valence-corrected chi connectivity index (χ1v) is 9.76. The van der Waals surface area contributed by atoms with Gasteiger partial charge in [0.05, 0.1) is 24.3 Å². The maximum absolute atomic E-state index is 12.7. The monoisotopic (exact) mass is 379 g/mol. The number of aryl methyl sites for hydroxylation is 2. The number of aromatic nitrogens is 1. The van der Waals surface area contributed by atoms with E-state index in [-0.39, 0.29) is 6.03 Å². The molecule has 28 heavy (non-hydrogen) atoms. The highest BCUT2D eigenvalue weighted by Gasteiger charge is 2.28. The Bertz CT molecular complexity index is 938. The summed E-state index contributed by atoms with van der Waals surface area (Å²) in [4.78, 5) is 23.4. The van der Waals surface area contributed by atoms with Gasteiger partial charge >= 0.3 is 6.03 Å². The quantitative estimate of drug-likeness (QED) is 0.760. The van der Waals surface area contributed by atoms with Crippen LogP contribution >= 0.6 is 0 Å². The topological polar surface area (TPSA) is 72.7 Å². The number of nitrogens with zero attached hydrogens (tertiary/aromatic N) is 5. The summed E-state index contributed by atoms with van der Waals surface area (Å²) in [6, 6.07) is 8.40. The molecule has 1 aromatic heterocycles. The van der Waals surface area contributed by atoms with Crippen molar-refractivity contribution >= 4 is 22.8 Å². The molecule has 0 aliphatic carbocycles. The largest absolute Gasteiger partial charge is 0.378 e. The lowest BCUT2D eigenvalue weighted by atomic mass is 10.0. The number of piperazine rings is 1. The first kappa shape index (κ1) is 18.5. The summed E-state index contributed by atoms with van der Waals surface area (Å²) in [7, 11) is 0. The van der Waals surface area contributed by atoms with Crippen molar-refractivity contribution in [1.82, 2.24) is 14.8 Å². The second kappa shape index (κ2) is 7.64. The van der Waals surface area contributed by atoms with Gasteiger partial charge in [0.1, 0.15) is 11.9 Å². The summed E-state index contributed by atoms with van der Waals surface area (Å²) in [5.41, 5.74) is 3.87. The number of nitriles is 1. The molecular weight excluding hydrogens is 354 g/mol. The fourth-order valence-electron chi connectivity index (χ4n) is 3.86. The van der Waals surface area contributed by atoms with Crippen LogP contribution in [0.1, 0.15) is 16.7 Å². The average molecular weight is 379 g/mol. The second-order valence-corrected chi connectivity index (χ2v) is 7.41. The first-order valence-electron chi connectivity index (χ1n) is 9.76. The van der Waals surface area contributed by atoms with Crippen LogP contribution in [0.3, 0.4) is 0 Å². The molecule has 3 heterocycles. The van der Waals surface area contributed by atoms with Gasteiger partial charge in [-0.2, -0.15) is 5.26 Å². The second-order valence-electron chi connectivity index (χ2n) is 7.41. The number of rotatable bonds is 1. The van der Waals surface area contributed by atoms with Gasteiger partial charge in [-0.05, 0) is 31.0 Å². The number of hydrogen-bond donors (Lipinski definition) is 0. The van der Waals surface area contributed by atoms with Gasteiger partial charge in [0.25, 0.3) is 0 Å².